The number of nitrogens with one attached hydrogen (secondary N) is 1. The lowest BCUT2D eigenvalue weighted by molar-refractivity contribution is -0.134. The van der Waals surface area contributed by atoms with Crippen molar-refractivity contribution in [3.05, 3.63) is 0 Å². The molecule has 0 saturated carbocycles. The number of hydrogen-bond donors (Lipinski definition) is 1. The first-order valence-electron chi connectivity index (χ1n) is 6.95. The van der Waals surface area contributed by atoms with Gasteiger partial charge in [0.05, 0.1) is 6.04 Å². The molecule has 0 aromatic heterocycles. The largest absolute Gasteiger partial charge is 0.444 e. The molecule has 2 heterocycles. The second-order valence-corrected chi connectivity index (χ2v) is 7.09. The number of piperazine rings is 1. The highest BCUT2D eigenvalue weighted by molar-refractivity contribution is 7.99. The summed E-state index contributed by atoms with van der Waals surface area (Å²) in [7, 11) is 0. The second kappa shape index (κ2) is 6.22. The van der Waals surface area contributed by atoms with Crippen molar-refractivity contribution in [1.82, 2.24) is 15.1 Å². The molecular formula is C13H23N3O3S. The predicted molar refractivity (Wildman–Crippen MR) is 78.6 cm³/mol. The van der Waals surface area contributed by atoms with Crippen LogP contribution in [0.1, 0.15) is 20.8 Å². The molecule has 6 nitrogen and oxygen atoms in total. The van der Waals surface area contributed by atoms with Crippen molar-refractivity contribution < 1.29 is 14.3 Å². The Hall–Kier alpha value is -0.950. The highest BCUT2D eigenvalue weighted by Crippen LogP contribution is 2.15. The van der Waals surface area contributed by atoms with E-state index in [1.807, 2.05) is 25.7 Å². The predicted octanol–water partition coefficient (Wildman–Crippen LogP) is 0.728. The van der Waals surface area contributed by atoms with Crippen LogP contribution in [0.5, 0.6) is 0 Å². The number of rotatable bonds is 1. The van der Waals surface area contributed by atoms with Crippen molar-refractivity contribution in [2.24, 2.45) is 0 Å². The van der Waals surface area contributed by atoms with Gasteiger partial charge < -0.3 is 14.5 Å². The Bertz CT molecular complexity index is 370. The molecule has 0 aromatic carbocycles. The van der Waals surface area contributed by atoms with Gasteiger partial charge in [0.2, 0.25) is 5.91 Å². The molecular weight excluding hydrogens is 278 g/mol. The van der Waals surface area contributed by atoms with Gasteiger partial charge in [-0.2, -0.15) is 0 Å². The fourth-order valence-corrected chi connectivity index (χ4v) is 3.14. The lowest BCUT2D eigenvalue weighted by Gasteiger charge is -2.36. The summed E-state index contributed by atoms with van der Waals surface area (Å²) in [6.45, 7) is 7.82. The van der Waals surface area contributed by atoms with E-state index < -0.39 is 5.60 Å². The van der Waals surface area contributed by atoms with Gasteiger partial charge in [-0.3, -0.25) is 10.1 Å². The number of amides is 2. The van der Waals surface area contributed by atoms with Gasteiger partial charge >= 0.3 is 6.09 Å². The maximum Gasteiger partial charge on any atom is 0.410 e. The first kappa shape index (κ1) is 15.4. The van der Waals surface area contributed by atoms with Crippen molar-refractivity contribution in [3.8, 4) is 0 Å². The molecule has 0 bridgehead atoms. The maximum absolute atomic E-state index is 12.2. The molecule has 2 saturated heterocycles. The normalized spacial score (nSPS) is 23.9. The molecule has 2 aliphatic rings. The molecule has 114 valence electrons. The fourth-order valence-electron chi connectivity index (χ4n) is 2.21. The number of carbonyl (C=O) groups is 2. The zero-order valence-corrected chi connectivity index (χ0v) is 13.2. The van der Waals surface area contributed by atoms with E-state index in [0.29, 0.717) is 26.2 Å². The van der Waals surface area contributed by atoms with Crippen LogP contribution in [0.15, 0.2) is 0 Å². The van der Waals surface area contributed by atoms with E-state index in [1.165, 1.54) is 0 Å². The summed E-state index contributed by atoms with van der Waals surface area (Å²) >= 11 is 1.74. The summed E-state index contributed by atoms with van der Waals surface area (Å²) in [5.74, 6) is 1.83. The summed E-state index contributed by atoms with van der Waals surface area (Å²) in [5, 5.41) is 3.19. The monoisotopic (exact) mass is 301 g/mol. The number of carbonyl (C=O) groups excluding carboxylic acids is 2. The van der Waals surface area contributed by atoms with Crippen LogP contribution < -0.4 is 5.32 Å². The van der Waals surface area contributed by atoms with Gasteiger partial charge in [0.25, 0.3) is 0 Å². The summed E-state index contributed by atoms with van der Waals surface area (Å²) in [6.07, 6.45) is -0.292. The van der Waals surface area contributed by atoms with Crippen molar-refractivity contribution in [1.29, 1.82) is 0 Å². The third-order valence-corrected chi connectivity index (χ3v) is 4.20. The molecule has 1 N–H and O–H groups in total. The summed E-state index contributed by atoms with van der Waals surface area (Å²) in [4.78, 5) is 27.7. The molecule has 2 fully saturated rings. The number of hydrogen-bond acceptors (Lipinski definition) is 5. The Morgan fingerprint density at radius 3 is 2.25 bits per heavy atom. The van der Waals surface area contributed by atoms with Gasteiger partial charge in [-0.25, -0.2) is 4.79 Å². The minimum atomic E-state index is -0.477. The van der Waals surface area contributed by atoms with Gasteiger partial charge in [0, 0.05) is 37.8 Å². The molecule has 0 aliphatic carbocycles. The van der Waals surface area contributed by atoms with Crippen LogP contribution in [0, 0.1) is 0 Å². The quantitative estimate of drug-likeness (QED) is 0.773. The molecule has 20 heavy (non-hydrogen) atoms. The summed E-state index contributed by atoms with van der Waals surface area (Å²) < 4.78 is 5.34. The SMILES string of the molecule is CC(C)(C)OC(=O)N1CCN(C(=O)C2CSCN2)CC1. The molecule has 0 spiro atoms. The average molecular weight is 301 g/mol. The summed E-state index contributed by atoms with van der Waals surface area (Å²) in [6, 6.07) is -0.0620. The van der Waals surface area contributed by atoms with Crippen LogP contribution >= 0.6 is 11.8 Å². The van der Waals surface area contributed by atoms with Gasteiger partial charge in [-0.15, -0.1) is 11.8 Å². The van der Waals surface area contributed by atoms with Crippen molar-refractivity contribution in [3.63, 3.8) is 0 Å². The first-order valence-corrected chi connectivity index (χ1v) is 8.10. The van der Waals surface area contributed by atoms with E-state index in [-0.39, 0.29) is 18.0 Å². The molecule has 1 unspecified atom stereocenters. The zero-order chi connectivity index (χ0) is 14.8. The number of thioether (sulfide) groups is 1. The Morgan fingerprint density at radius 1 is 1.15 bits per heavy atom. The van der Waals surface area contributed by atoms with E-state index in [0.717, 1.165) is 11.6 Å². The van der Waals surface area contributed by atoms with E-state index in [1.54, 1.807) is 16.7 Å². The average Bonchev–Trinajstić information content (AvgIpc) is 2.90. The van der Waals surface area contributed by atoms with E-state index in [4.69, 9.17) is 4.74 Å². The van der Waals surface area contributed by atoms with Crippen molar-refractivity contribution >= 4 is 23.8 Å². The lowest BCUT2D eigenvalue weighted by atomic mass is 10.2. The molecule has 2 aliphatic heterocycles. The Morgan fingerprint density at radius 2 is 1.75 bits per heavy atom. The molecule has 0 aromatic rings. The minimum absolute atomic E-state index is 0.0620. The van der Waals surface area contributed by atoms with Crippen molar-refractivity contribution in [2.45, 2.75) is 32.4 Å². The maximum atomic E-state index is 12.2. The van der Waals surface area contributed by atoms with Gasteiger partial charge in [0.1, 0.15) is 5.60 Å². The minimum Gasteiger partial charge on any atom is -0.444 e. The van der Waals surface area contributed by atoms with Crippen LogP contribution in [0.2, 0.25) is 0 Å². The Balaban J connectivity index is 1.80. The molecule has 1 atom stereocenters. The third kappa shape index (κ3) is 4.02. The Kier molecular flexibility index (Phi) is 4.80. The highest BCUT2D eigenvalue weighted by atomic mass is 32.2. The number of nitrogens with zero attached hydrogens (tertiary/aromatic N) is 2. The fraction of sp³-hybridized carbons (Fsp3) is 0.846. The van der Waals surface area contributed by atoms with E-state index in [9.17, 15) is 9.59 Å². The van der Waals surface area contributed by atoms with Gasteiger partial charge in [0.15, 0.2) is 0 Å². The zero-order valence-electron chi connectivity index (χ0n) is 12.3. The topological polar surface area (TPSA) is 61.9 Å². The Labute approximate surface area is 124 Å². The van der Waals surface area contributed by atoms with Crippen LogP contribution in [-0.4, -0.2) is 71.3 Å². The first-order chi connectivity index (χ1) is 9.37. The number of ether oxygens (including phenoxy) is 1. The molecule has 2 amide bonds. The third-order valence-electron chi connectivity index (χ3n) is 3.26. The van der Waals surface area contributed by atoms with Crippen LogP contribution in [0.3, 0.4) is 0 Å². The molecule has 7 heteroatoms. The lowest BCUT2D eigenvalue weighted by Crippen LogP contribution is -2.55. The molecule has 2 rings (SSSR count). The second-order valence-electron chi connectivity index (χ2n) is 6.06. The van der Waals surface area contributed by atoms with Gasteiger partial charge in [-0.1, -0.05) is 0 Å². The van der Waals surface area contributed by atoms with Crippen molar-refractivity contribution in [2.75, 3.05) is 37.8 Å². The van der Waals surface area contributed by atoms with Crippen LogP contribution in [0.25, 0.3) is 0 Å². The highest BCUT2D eigenvalue weighted by Gasteiger charge is 2.31. The van der Waals surface area contributed by atoms with Crippen LogP contribution in [-0.2, 0) is 9.53 Å². The molecule has 0 radical (unpaired) electrons. The van der Waals surface area contributed by atoms with E-state index >= 15 is 0 Å². The van der Waals surface area contributed by atoms with Gasteiger partial charge in [-0.05, 0) is 20.8 Å². The summed E-state index contributed by atoms with van der Waals surface area (Å²) in [5.41, 5.74) is -0.477. The standard InChI is InChI=1S/C13H23N3O3S/c1-13(2,3)19-12(18)16-6-4-15(5-7-16)11(17)10-8-20-9-14-10/h10,14H,4-9H2,1-3H3. The smallest absolute Gasteiger partial charge is 0.410 e. The van der Waals surface area contributed by atoms with E-state index in [2.05, 4.69) is 5.32 Å². The van der Waals surface area contributed by atoms with Crippen LogP contribution in [0.4, 0.5) is 4.79 Å².